The Kier molecular flexibility index (Phi) is 6.06. The molecule has 0 saturated heterocycles. The number of fused-ring (bicyclic) bond motifs is 1. The van der Waals surface area contributed by atoms with E-state index in [2.05, 4.69) is 11.6 Å². The number of nitrogens with zero attached hydrogens (tertiary/aromatic N) is 1. The Morgan fingerprint density at radius 2 is 1.86 bits per heavy atom. The number of ether oxygens (including phenoxy) is 1. The van der Waals surface area contributed by atoms with Gasteiger partial charge in [0.25, 0.3) is 0 Å². The minimum absolute atomic E-state index is 0.0491. The number of para-hydroxylation sites is 1. The van der Waals surface area contributed by atoms with Gasteiger partial charge in [-0.1, -0.05) is 55.1 Å². The van der Waals surface area contributed by atoms with Crippen LogP contribution < -0.4 is 0 Å². The molecular weight excluding hydrogens is 394 g/mol. The maximum absolute atomic E-state index is 12.6. The van der Waals surface area contributed by atoms with Crippen LogP contribution in [0.1, 0.15) is 17.9 Å². The van der Waals surface area contributed by atoms with E-state index >= 15 is 0 Å². The van der Waals surface area contributed by atoms with Crippen LogP contribution in [0.2, 0.25) is 0 Å². The van der Waals surface area contributed by atoms with E-state index in [9.17, 15) is 13.2 Å². The summed E-state index contributed by atoms with van der Waals surface area (Å²) in [6.45, 7) is 3.84. The summed E-state index contributed by atoms with van der Waals surface area (Å²) >= 11 is 1.13. The zero-order valence-electron chi connectivity index (χ0n) is 15.2. The lowest BCUT2D eigenvalue weighted by Crippen LogP contribution is -2.12. The normalized spacial score (nSPS) is 12.9. The van der Waals surface area contributed by atoms with Gasteiger partial charge in [-0.15, -0.1) is 11.3 Å². The summed E-state index contributed by atoms with van der Waals surface area (Å²) in [7, 11) is -2.38. The highest BCUT2D eigenvalue weighted by molar-refractivity contribution is 7.96. The van der Waals surface area contributed by atoms with Gasteiger partial charge in [0.15, 0.2) is 0 Å². The standard InChI is InChI=1S/C21H19NO4S2/c1-15(20(23)26-2)17(16-9-4-3-5-10-16)11-8-14-28(24,25)21-22-18-12-6-7-13-19(18)27-21/h3-10,12-14,17H,1,11H2,2H3/b14-8+/t17-/m0/s1. The van der Waals surface area contributed by atoms with Gasteiger partial charge in [0.05, 0.1) is 17.3 Å². The summed E-state index contributed by atoms with van der Waals surface area (Å²) in [6.07, 6.45) is 1.83. The fourth-order valence-corrected chi connectivity index (χ4v) is 5.09. The quantitative estimate of drug-likeness (QED) is 0.422. The van der Waals surface area contributed by atoms with E-state index in [1.54, 1.807) is 6.07 Å². The summed E-state index contributed by atoms with van der Waals surface area (Å²) in [5, 5.41) is 1.14. The Hall–Kier alpha value is -2.77. The Labute approximate surface area is 167 Å². The van der Waals surface area contributed by atoms with Crippen LogP contribution in [0.4, 0.5) is 0 Å². The number of esters is 1. The molecule has 1 aromatic heterocycles. The maximum Gasteiger partial charge on any atom is 0.333 e. The van der Waals surface area contributed by atoms with Crippen LogP contribution in [-0.4, -0.2) is 26.5 Å². The van der Waals surface area contributed by atoms with E-state index in [0.29, 0.717) is 11.9 Å². The zero-order valence-corrected chi connectivity index (χ0v) is 16.9. The Morgan fingerprint density at radius 1 is 1.18 bits per heavy atom. The Balaban J connectivity index is 1.84. The van der Waals surface area contributed by atoms with Crippen LogP contribution in [0.5, 0.6) is 0 Å². The molecule has 7 heteroatoms. The molecule has 3 rings (SSSR count). The van der Waals surface area contributed by atoms with Crippen LogP contribution in [0.3, 0.4) is 0 Å². The molecule has 1 atom stereocenters. The second kappa shape index (κ2) is 8.50. The number of carbonyl (C=O) groups excluding carboxylic acids is 1. The monoisotopic (exact) mass is 413 g/mol. The summed E-state index contributed by atoms with van der Waals surface area (Å²) in [5.41, 5.74) is 1.79. The number of thiazole rings is 1. The Morgan fingerprint density at radius 3 is 2.54 bits per heavy atom. The van der Waals surface area contributed by atoms with Crippen LogP contribution in [0.15, 0.2) is 82.6 Å². The zero-order chi connectivity index (χ0) is 20.1. The summed E-state index contributed by atoms with van der Waals surface area (Å²) < 4.78 is 30.9. The first-order valence-electron chi connectivity index (χ1n) is 8.51. The third kappa shape index (κ3) is 4.37. The lowest BCUT2D eigenvalue weighted by atomic mass is 9.89. The molecule has 0 radical (unpaired) electrons. The van der Waals surface area contributed by atoms with Crippen molar-refractivity contribution in [3.05, 3.63) is 83.8 Å². The molecule has 28 heavy (non-hydrogen) atoms. The lowest BCUT2D eigenvalue weighted by molar-refractivity contribution is -0.136. The molecule has 0 fully saturated rings. The van der Waals surface area contributed by atoms with E-state index in [1.807, 2.05) is 48.5 Å². The third-order valence-corrected chi connectivity index (χ3v) is 7.14. The average Bonchev–Trinajstić information content (AvgIpc) is 3.16. The van der Waals surface area contributed by atoms with Gasteiger partial charge in [-0.05, 0) is 24.1 Å². The maximum atomic E-state index is 12.6. The average molecular weight is 414 g/mol. The second-order valence-electron chi connectivity index (χ2n) is 6.08. The van der Waals surface area contributed by atoms with Crippen molar-refractivity contribution in [3.8, 4) is 0 Å². The molecule has 0 aliphatic heterocycles. The number of sulfone groups is 1. The lowest BCUT2D eigenvalue weighted by Gasteiger charge is -2.16. The SMILES string of the molecule is C=C(C(=O)OC)[C@H](C/C=C/S(=O)(=O)c1nc2ccccc2s1)c1ccccc1. The van der Waals surface area contributed by atoms with Crippen molar-refractivity contribution in [3.63, 3.8) is 0 Å². The van der Waals surface area contributed by atoms with Crippen molar-refractivity contribution in [2.24, 2.45) is 0 Å². The van der Waals surface area contributed by atoms with Crippen molar-refractivity contribution in [1.82, 2.24) is 4.98 Å². The van der Waals surface area contributed by atoms with Gasteiger partial charge in [-0.25, -0.2) is 18.2 Å². The predicted molar refractivity (Wildman–Crippen MR) is 111 cm³/mol. The van der Waals surface area contributed by atoms with Gasteiger partial charge >= 0.3 is 5.97 Å². The number of benzene rings is 2. The van der Waals surface area contributed by atoms with E-state index in [-0.39, 0.29) is 15.8 Å². The molecule has 0 aliphatic carbocycles. The fraction of sp³-hybridized carbons (Fsp3) is 0.143. The number of hydrogen-bond donors (Lipinski definition) is 0. The third-order valence-electron chi connectivity index (χ3n) is 4.23. The summed E-state index contributed by atoms with van der Waals surface area (Å²) in [4.78, 5) is 16.1. The molecule has 1 heterocycles. The highest BCUT2D eigenvalue weighted by atomic mass is 32.2. The molecule has 0 unspecified atom stereocenters. The van der Waals surface area contributed by atoms with Crippen molar-refractivity contribution in [2.75, 3.05) is 7.11 Å². The fourth-order valence-electron chi connectivity index (χ4n) is 2.79. The molecule has 0 spiro atoms. The predicted octanol–water partition coefficient (Wildman–Crippen LogP) is 4.49. The van der Waals surface area contributed by atoms with E-state index in [4.69, 9.17) is 4.74 Å². The summed E-state index contributed by atoms with van der Waals surface area (Å²) in [5.74, 6) is -0.897. The molecule has 0 amide bonds. The van der Waals surface area contributed by atoms with Crippen molar-refractivity contribution in [2.45, 2.75) is 16.7 Å². The van der Waals surface area contributed by atoms with Crippen LogP contribution in [-0.2, 0) is 19.4 Å². The number of aromatic nitrogens is 1. The first kappa shape index (κ1) is 20.0. The molecule has 0 bridgehead atoms. The van der Waals surface area contributed by atoms with E-state index in [1.165, 1.54) is 13.2 Å². The number of carbonyl (C=O) groups is 1. The molecule has 0 aliphatic rings. The molecule has 0 saturated carbocycles. The number of rotatable bonds is 7. The first-order chi connectivity index (χ1) is 13.4. The first-order valence-corrected chi connectivity index (χ1v) is 10.9. The molecule has 144 valence electrons. The van der Waals surface area contributed by atoms with Gasteiger partial charge in [-0.2, -0.15) is 0 Å². The number of methoxy groups -OCH3 is 1. The summed E-state index contributed by atoms with van der Waals surface area (Å²) in [6, 6.07) is 16.6. The van der Waals surface area contributed by atoms with Gasteiger partial charge in [0.2, 0.25) is 14.2 Å². The minimum Gasteiger partial charge on any atom is -0.466 e. The van der Waals surface area contributed by atoms with Crippen LogP contribution in [0.25, 0.3) is 10.2 Å². The van der Waals surface area contributed by atoms with Gasteiger partial charge < -0.3 is 4.74 Å². The van der Waals surface area contributed by atoms with Crippen molar-refractivity contribution in [1.29, 1.82) is 0 Å². The van der Waals surface area contributed by atoms with E-state index in [0.717, 1.165) is 27.0 Å². The largest absolute Gasteiger partial charge is 0.466 e. The van der Waals surface area contributed by atoms with Crippen molar-refractivity contribution < 1.29 is 17.9 Å². The van der Waals surface area contributed by atoms with Gasteiger partial charge in [0.1, 0.15) is 0 Å². The van der Waals surface area contributed by atoms with Gasteiger partial charge in [-0.3, -0.25) is 0 Å². The molecule has 0 N–H and O–H groups in total. The molecule has 3 aromatic rings. The molecule has 5 nitrogen and oxygen atoms in total. The molecular formula is C21H19NO4S2. The highest BCUT2D eigenvalue weighted by Crippen LogP contribution is 2.30. The van der Waals surface area contributed by atoms with E-state index < -0.39 is 15.8 Å². The molecule has 2 aromatic carbocycles. The number of hydrogen-bond acceptors (Lipinski definition) is 6. The smallest absolute Gasteiger partial charge is 0.333 e. The number of allylic oxidation sites excluding steroid dienone is 1. The Bertz CT molecular complexity index is 1100. The van der Waals surface area contributed by atoms with Gasteiger partial charge in [0, 0.05) is 16.9 Å². The van der Waals surface area contributed by atoms with Crippen LogP contribution >= 0.6 is 11.3 Å². The highest BCUT2D eigenvalue weighted by Gasteiger charge is 2.21. The second-order valence-corrected chi connectivity index (χ2v) is 9.12. The minimum atomic E-state index is -3.67. The van der Waals surface area contributed by atoms with Crippen molar-refractivity contribution >= 4 is 37.4 Å². The topological polar surface area (TPSA) is 73.3 Å². The van der Waals surface area contributed by atoms with Crippen LogP contribution in [0, 0.1) is 0 Å².